The van der Waals surface area contributed by atoms with Gasteiger partial charge in [-0.1, -0.05) is 24.6 Å². The summed E-state index contributed by atoms with van der Waals surface area (Å²) in [5, 5.41) is 2.75. The van der Waals surface area contributed by atoms with Crippen LogP contribution in [0.15, 0.2) is 0 Å². The van der Waals surface area contributed by atoms with Crippen LogP contribution in [0.25, 0.3) is 0 Å². The van der Waals surface area contributed by atoms with Crippen molar-refractivity contribution in [2.24, 2.45) is 0 Å². The zero-order valence-corrected chi connectivity index (χ0v) is 4.64. The van der Waals surface area contributed by atoms with Crippen molar-refractivity contribution in [2.45, 2.75) is 13.3 Å². The minimum absolute atomic E-state index is 0.933. The van der Waals surface area contributed by atoms with Gasteiger partial charge in [-0.25, -0.2) is 0 Å². The summed E-state index contributed by atoms with van der Waals surface area (Å²) in [6, 6.07) is 0. The Kier molecular flexibility index (Phi) is 4.84. The van der Waals surface area contributed by atoms with Crippen LogP contribution in [-0.4, -0.2) is 0 Å². The normalized spacial score (nSPS) is 6.33. The van der Waals surface area contributed by atoms with E-state index in [2.05, 4.69) is 17.4 Å². The largest absolute Gasteiger partial charge is 0.0916 e. The zero-order chi connectivity index (χ0) is 4.83. The molecule has 0 atom stereocenters. The highest BCUT2D eigenvalue weighted by atomic mass is 32.2. The molecule has 1 heteroatoms. The Morgan fingerprint density at radius 2 is 2.50 bits per heavy atom. The Bertz CT molecular complexity index is 57.7. The van der Waals surface area contributed by atoms with E-state index in [-0.39, 0.29) is 0 Å². The fraction of sp³-hybridized carbons (Fsp3) is 0.400. The molecule has 0 rings (SSSR count). The number of thioether (sulfide) groups is 1. The van der Waals surface area contributed by atoms with Gasteiger partial charge < -0.3 is 0 Å². The third kappa shape index (κ3) is 3.91. The molecule has 0 N–H and O–H groups in total. The van der Waals surface area contributed by atoms with Gasteiger partial charge in [-0.2, -0.15) is 0 Å². The first-order valence-corrected chi connectivity index (χ1v) is 2.79. The summed E-state index contributed by atoms with van der Waals surface area (Å²) in [5.41, 5.74) is 0. The van der Waals surface area contributed by atoms with Crippen LogP contribution in [0, 0.1) is 17.4 Å². The highest BCUT2D eigenvalue weighted by Crippen LogP contribution is 1.87. The summed E-state index contributed by atoms with van der Waals surface area (Å²) in [6.45, 7) is 2.02. The molecule has 0 spiro atoms. The topological polar surface area (TPSA) is 0 Å². The smallest absolute Gasteiger partial charge is 0.0157 e. The molecule has 0 aliphatic rings. The second-order valence-corrected chi connectivity index (χ2v) is 1.27. The molecule has 0 heterocycles. The van der Waals surface area contributed by atoms with Gasteiger partial charge in [-0.05, 0) is 5.25 Å². The Balaban J connectivity index is 2.90. The first-order chi connectivity index (χ1) is 2.91. The molecule has 1 radical (unpaired) electrons. The van der Waals surface area contributed by atoms with Crippen LogP contribution in [0.4, 0.5) is 0 Å². The fourth-order valence-corrected chi connectivity index (χ4v) is 0.370. The molecule has 0 bridgehead atoms. The predicted octanol–water partition coefficient (Wildman–Crippen LogP) is 1.88. The van der Waals surface area contributed by atoms with Crippen molar-refractivity contribution in [1.82, 2.24) is 0 Å². The van der Waals surface area contributed by atoms with Crippen molar-refractivity contribution in [3.8, 4) is 11.2 Å². The maximum Gasteiger partial charge on any atom is 0.0157 e. The molecule has 0 saturated heterocycles. The molecule has 0 nitrogen and oxygen atoms in total. The molecule has 0 aliphatic heterocycles. The van der Waals surface area contributed by atoms with E-state index in [4.69, 9.17) is 0 Å². The van der Waals surface area contributed by atoms with Gasteiger partial charge in [-0.3, -0.25) is 0 Å². The SMILES string of the molecule is [CH2]SC#CCC. The van der Waals surface area contributed by atoms with Gasteiger partial charge in [0.05, 0.1) is 0 Å². The number of hydrogen-bond donors (Lipinski definition) is 0. The Hall–Kier alpha value is -0.0900. The van der Waals surface area contributed by atoms with Crippen molar-refractivity contribution in [1.29, 1.82) is 0 Å². The van der Waals surface area contributed by atoms with Crippen LogP contribution in [0.1, 0.15) is 13.3 Å². The van der Waals surface area contributed by atoms with Gasteiger partial charge in [0.25, 0.3) is 0 Å². The highest BCUT2D eigenvalue weighted by Gasteiger charge is 1.56. The standard InChI is InChI=1S/C5H7S/c1-3-4-5-6-2/h2-3H2,1H3. The van der Waals surface area contributed by atoms with E-state index in [0.29, 0.717) is 0 Å². The first kappa shape index (κ1) is 5.91. The molecule has 33 valence electrons. The maximum absolute atomic E-state index is 3.47. The van der Waals surface area contributed by atoms with Gasteiger partial charge in [-0.15, -0.1) is 0 Å². The minimum Gasteiger partial charge on any atom is -0.0916 e. The molecule has 0 aromatic rings. The number of rotatable bonds is 0. The van der Waals surface area contributed by atoms with Crippen LogP contribution >= 0.6 is 11.8 Å². The molecule has 0 saturated carbocycles. The molecular weight excluding hydrogens is 92.1 g/mol. The lowest BCUT2D eigenvalue weighted by Gasteiger charge is -1.64. The minimum atomic E-state index is 0.933. The summed E-state index contributed by atoms with van der Waals surface area (Å²) >= 11 is 1.32. The summed E-state index contributed by atoms with van der Waals surface area (Å²) < 4.78 is 0. The quantitative estimate of drug-likeness (QED) is 0.418. The van der Waals surface area contributed by atoms with Gasteiger partial charge in [0, 0.05) is 12.7 Å². The van der Waals surface area contributed by atoms with E-state index >= 15 is 0 Å². The van der Waals surface area contributed by atoms with Crippen molar-refractivity contribution < 1.29 is 0 Å². The van der Waals surface area contributed by atoms with E-state index < -0.39 is 0 Å². The Morgan fingerprint density at radius 1 is 1.83 bits per heavy atom. The zero-order valence-electron chi connectivity index (χ0n) is 3.82. The molecule has 0 aromatic heterocycles. The highest BCUT2D eigenvalue weighted by molar-refractivity contribution is 8.04. The summed E-state index contributed by atoms with van der Waals surface area (Å²) in [7, 11) is 0. The number of hydrogen-bond acceptors (Lipinski definition) is 1. The second-order valence-electron chi connectivity index (χ2n) is 0.777. The summed E-state index contributed by atoms with van der Waals surface area (Å²) in [5.74, 6) is 2.85. The third-order valence-electron chi connectivity index (χ3n) is 0.321. The van der Waals surface area contributed by atoms with E-state index in [9.17, 15) is 0 Å². The van der Waals surface area contributed by atoms with Crippen LogP contribution in [-0.2, 0) is 0 Å². The third-order valence-corrected chi connectivity index (χ3v) is 0.610. The predicted molar refractivity (Wildman–Crippen MR) is 31.0 cm³/mol. The Labute approximate surface area is 43.3 Å². The van der Waals surface area contributed by atoms with E-state index in [1.165, 1.54) is 11.8 Å². The lowest BCUT2D eigenvalue weighted by molar-refractivity contribution is 1.28. The summed E-state index contributed by atoms with van der Waals surface area (Å²) in [4.78, 5) is 0. The van der Waals surface area contributed by atoms with Crippen molar-refractivity contribution in [2.75, 3.05) is 0 Å². The molecule has 0 fully saturated rings. The maximum atomic E-state index is 3.47. The molecule has 0 aromatic carbocycles. The monoisotopic (exact) mass is 99.0 g/mol. The van der Waals surface area contributed by atoms with Crippen molar-refractivity contribution in [3.05, 3.63) is 6.26 Å². The molecular formula is C5H7S. The van der Waals surface area contributed by atoms with Gasteiger partial charge in [0.15, 0.2) is 0 Å². The lowest BCUT2D eigenvalue weighted by atomic mass is 10.5. The van der Waals surface area contributed by atoms with E-state index in [1.54, 1.807) is 0 Å². The van der Waals surface area contributed by atoms with Crippen LogP contribution in [0.2, 0.25) is 0 Å². The van der Waals surface area contributed by atoms with Crippen LogP contribution in [0.5, 0.6) is 0 Å². The molecule has 0 unspecified atom stereocenters. The van der Waals surface area contributed by atoms with Gasteiger partial charge in [0.1, 0.15) is 0 Å². The second kappa shape index (κ2) is 4.91. The van der Waals surface area contributed by atoms with Gasteiger partial charge >= 0.3 is 0 Å². The van der Waals surface area contributed by atoms with Crippen LogP contribution < -0.4 is 0 Å². The Morgan fingerprint density at radius 3 is 2.67 bits per heavy atom. The molecule has 0 aliphatic carbocycles. The lowest BCUT2D eigenvalue weighted by Crippen LogP contribution is -1.46. The van der Waals surface area contributed by atoms with E-state index in [0.717, 1.165) is 6.42 Å². The van der Waals surface area contributed by atoms with E-state index in [1.807, 2.05) is 6.92 Å². The van der Waals surface area contributed by atoms with Crippen LogP contribution in [0.3, 0.4) is 0 Å². The average Bonchev–Trinajstić information content (AvgIpc) is 1.61. The fourth-order valence-electron chi connectivity index (χ4n) is 0.123. The molecule has 6 heavy (non-hydrogen) atoms. The average molecular weight is 99.2 g/mol. The first-order valence-electron chi connectivity index (χ1n) is 1.80. The summed E-state index contributed by atoms with van der Waals surface area (Å²) in [6.07, 6.45) is 4.40. The molecule has 0 amide bonds. The van der Waals surface area contributed by atoms with Crippen molar-refractivity contribution in [3.63, 3.8) is 0 Å². The van der Waals surface area contributed by atoms with Crippen molar-refractivity contribution >= 4 is 11.8 Å². The van der Waals surface area contributed by atoms with Gasteiger partial charge in [0.2, 0.25) is 0 Å².